The van der Waals surface area contributed by atoms with Crippen molar-refractivity contribution in [3.63, 3.8) is 0 Å². The van der Waals surface area contributed by atoms with Crippen LogP contribution in [0.2, 0.25) is 5.02 Å². The number of halogens is 1. The summed E-state index contributed by atoms with van der Waals surface area (Å²) in [5, 5.41) is 3.77. The predicted molar refractivity (Wildman–Crippen MR) is 64.5 cm³/mol. The fraction of sp³-hybridized carbons (Fsp3) is 0.417. The third-order valence-electron chi connectivity index (χ3n) is 2.21. The molecule has 0 aliphatic rings. The van der Waals surface area contributed by atoms with Gasteiger partial charge in [0.05, 0.1) is 13.2 Å². The molecule has 1 atom stereocenters. The molecule has 1 aromatic rings. The van der Waals surface area contributed by atoms with Crippen LogP contribution in [0.3, 0.4) is 0 Å². The van der Waals surface area contributed by atoms with Gasteiger partial charge in [-0.2, -0.15) is 0 Å². The maximum atomic E-state index is 11.1. The first-order valence-electron chi connectivity index (χ1n) is 5.28. The molecular weight excluding hydrogens is 226 g/mol. The lowest BCUT2D eigenvalue weighted by molar-refractivity contribution is -0.142. The van der Waals surface area contributed by atoms with E-state index in [1.165, 1.54) is 0 Å². The lowest BCUT2D eigenvalue weighted by Crippen LogP contribution is -2.27. The summed E-state index contributed by atoms with van der Waals surface area (Å²) in [5.41, 5.74) is 1.05. The molecule has 0 aliphatic carbocycles. The van der Waals surface area contributed by atoms with E-state index in [0.29, 0.717) is 11.6 Å². The van der Waals surface area contributed by atoms with Gasteiger partial charge in [-0.25, -0.2) is 0 Å². The van der Waals surface area contributed by atoms with Gasteiger partial charge in [0.25, 0.3) is 0 Å². The molecule has 88 valence electrons. The van der Waals surface area contributed by atoms with Crippen molar-refractivity contribution in [2.24, 2.45) is 0 Å². The van der Waals surface area contributed by atoms with Gasteiger partial charge in [-0.1, -0.05) is 23.7 Å². The third kappa shape index (κ3) is 4.21. The molecule has 0 saturated heterocycles. The van der Waals surface area contributed by atoms with Crippen molar-refractivity contribution in [1.82, 2.24) is 5.32 Å². The Hall–Kier alpha value is -1.06. The van der Waals surface area contributed by atoms with Gasteiger partial charge in [0, 0.05) is 11.1 Å². The van der Waals surface area contributed by atoms with Crippen molar-refractivity contribution in [2.75, 3.05) is 13.2 Å². The molecule has 1 rings (SSSR count). The Morgan fingerprint density at radius 1 is 1.56 bits per heavy atom. The Morgan fingerprint density at radius 3 is 2.94 bits per heavy atom. The molecule has 0 spiro atoms. The molecule has 3 nitrogen and oxygen atoms in total. The Bertz CT molecular complexity index is 355. The van der Waals surface area contributed by atoms with E-state index in [2.05, 4.69) is 5.32 Å². The number of rotatable bonds is 5. The van der Waals surface area contributed by atoms with Crippen LogP contribution in [0.1, 0.15) is 25.5 Å². The van der Waals surface area contributed by atoms with Crippen LogP contribution < -0.4 is 5.32 Å². The number of hydrogen-bond donors (Lipinski definition) is 1. The molecule has 0 unspecified atom stereocenters. The summed E-state index contributed by atoms with van der Waals surface area (Å²) >= 11 is 5.88. The molecule has 0 aliphatic heterocycles. The van der Waals surface area contributed by atoms with Crippen molar-refractivity contribution in [3.8, 4) is 0 Å². The number of esters is 1. The summed E-state index contributed by atoms with van der Waals surface area (Å²) in [6.45, 7) is 4.39. The van der Waals surface area contributed by atoms with Crippen LogP contribution in [-0.2, 0) is 9.53 Å². The van der Waals surface area contributed by atoms with Gasteiger partial charge < -0.3 is 10.1 Å². The van der Waals surface area contributed by atoms with E-state index in [4.69, 9.17) is 16.3 Å². The summed E-state index contributed by atoms with van der Waals surface area (Å²) in [5.74, 6) is -0.239. The monoisotopic (exact) mass is 241 g/mol. The number of benzene rings is 1. The van der Waals surface area contributed by atoms with Gasteiger partial charge in [-0.3, -0.25) is 4.79 Å². The topological polar surface area (TPSA) is 38.3 Å². The first-order valence-corrected chi connectivity index (χ1v) is 5.65. The van der Waals surface area contributed by atoms with Gasteiger partial charge in [-0.15, -0.1) is 0 Å². The first-order chi connectivity index (χ1) is 7.63. The zero-order valence-electron chi connectivity index (χ0n) is 9.50. The number of hydrogen-bond acceptors (Lipinski definition) is 3. The Morgan fingerprint density at radius 2 is 2.31 bits per heavy atom. The van der Waals surface area contributed by atoms with E-state index in [0.717, 1.165) is 5.56 Å². The molecule has 0 fully saturated rings. The standard InChI is InChI=1S/C12H16ClNO2/c1-3-16-12(15)8-14-9(2)10-5-4-6-11(13)7-10/h4-7,9,14H,3,8H2,1-2H3/t9-/m0/s1. The van der Waals surface area contributed by atoms with Crippen LogP contribution in [0.5, 0.6) is 0 Å². The zero-order chi connectivity index (χ0) is 12.0. The fourth-order valence-corrected chi connectivity index (χ4v) is 1.54. The van der Waals surface area contributed by atoms with Gasteiger partial charge in [-0.05, 0) is 31.5 Å². The van der Waals surface area contributed by atoms with Crippen LogP contribution in [0, 0.1) is 0 Å². The van der Waals surface area contributed by atoms with E-state index in [1.54, 1.807) is 6.92 Å². The normalized spacial score (nSPS) is 12.2. The first kappa shape index (κ1) is 13.0. The van der Waals surface area contributed by atoms with Crippen LogP contribution in [0.15, 0.2) is 24.3 Å². The molecule has 0 heterocycles. The molecule has 4 heteroatoms. The lowest BCUT2D eigenvalue weighted by atomic mass is 10.1. The SMILES string of the molecule is CCOC(=O)CN[C@@H](C)c1cccc(Cl)c1. The smallest absolute Gasteiger partial charge is 0.319 e. The van der Waals surface area contributed by atoms with Crippen molar-refractivity contribution < 1.29 is 9.53 Å². The summed E-state index contributed by atoms with van der Waals surface area (Å²) < 4.78 is 4.82. The molecule has 0 bridgehead atoms. The average molecular weight is 242 g/mol. The second kappa shape index (κ2) is 6.51. The Kier molecular flexibility index (Phi) is 5.29. The quantitative estimate of drug-likeness (QED) is 0.806. The highest BCUT2D eigenvalue weighted by Gasteiger charge is 2.08. The minimum absolute atomic E-state index is 0.0723. The van der Waals surface area contributed by atoms with E-state index < -0.39 is 0 Å². The van der Waals surface area contributed by atoms with Crippen LogP contribution in [0.25, 0.3) is 0 Å². The highest BCUT2D eigenvalue weighted by atomic mass is 35.5. The molecule has 0 amide bonds. The van der Waals surface area contributed by atoms with Crippen molar-refractivity contribution >= 4 is 17.6 Å². The van der Waals surface area contributed by atoms with E-state index in [-0.39, 0.29) is 18.6 Å². The van der Waals surface area contributed by atoms with Gasteiger partial charge in [0.1, 0.15) is 0 Å². The maximum Gasteiger partial charge on any atom is 0.319 e. The molecule has 16 heavy (non-hydrogen) atoms. The maximum absolute atomic E-state index is 11.1. The third-order valence-corrected chi connectivity index (χ3v) is 2.44. The van der Waals surface area contributed by atoms with Crippen LogP contribution in [0.4, 0.5) is 0 Å². The Labute approximate surface area is 101 Å². The van der Waals surface area contributed by atoms with Crippen LogP contribution >= 0.6 is 11.6 Å². The molecule has 1 aromatic carbocycles. The summed E-state index contributed by atoms with van der Waals surface area (Å²) in [6, 6.07) is 7.63. The second-order valence-electron chi connectivity index (χ2n) is 3.46. The highest BCUT2D eigenvalue weighted by molar-refractivity contribution is 6.30. The number of nitrogens with one attached hydrogen (secondary N) is 1. The lowest BCUT2D eigenvalue weighted by Gasteiger charge is -2.13. The minimum Gasteiger partial charge on any atom is -0.465 e. The van der Waals surface area contributed by atoms with Gasteiger partial charge >= 0.3 is 5.97 Å². The molecule has 1 N–H and O–H groups in total. The fourth-order valence-electron chi connectivity index (χ4n) is 1.34. The molecule has 0 aromatic heterocycles. The van der Waals surface area contributed by atoms with Crippen LogP contribution in [-0.4, -0.2) is 19.1 Å². The number of carbonyl (C=O) groups excluding carboxylic acids is 1. The number of carbonyl (C=O) groups is 1. The van der Waals surface area contributed by atoms with Gasteiger partial charge in [0.15, 0.2) is 0 Å². The van der Waals surface area contributed by atoms with E-state index in [1.807, 2.05) is 31.2 Å². The average Bonchev–Trinajstić information content (AvgIpc) is 2.26. The molecule has 0 saturated carbocycles. The molecular formula is C12H16ClNO2. The number of ether oxygens (including phenoxy) is 1. The second-order valence-corrected chi connectivity index (χ2v) is 3.90. The molecule has 0 radical (unpaired) electrons. The van der Waals surface area contributed by atoms with E-state index in [9.17, 15) is 4.79 Å². The Balaban J connectivity index is 2.46. The zero-order valence-corrected chi connectivity index (χ0v) is 10.3. The highest BCUT2D eigenvalue weighted by Crippen LogP contribution is 2.16. The predicted octanol–water partition coefficient (Wildman–Crippen LogP) is 2.55. The van der Waals surface area contributed by atoms with Gasteiger partial charge in [0.2, 0.25) is 0 Å². The minimum atomic E-state index is -0.239. The van der Waals surface area contributed by atoms with Crippen molar-refractivity contribution in [1.29, 1.82) is 0 Å². The summed E-state index contributed by atoms with van der Waals surface area (Å²) in [4.78, 5) is 11.1. The van der Waals surface area contributed by atoms with Crippen molar-refractivity contribution in [3.05, 3.63) is 34.9 Å². The summed E-state index contributed by atoms with van der Waals surface area (Å²) in [7, 11) is 0. The largest absolute Gasteiger partial charge is 0.465 e. The summed E-state index contributed by atoms with van der Waals surface area (Å²) in [6.07, 6.45) is 0. The van der Waals surface area contributed by atoms with E-state index >= 15 is 0 Å². The van der Waals surface area contributed by atoms with Crippen molar-refractivity contribution in [2.45, 2.75) is 19.9 Å².